The first-order valence-electron chi connectivity index (χ1n) is 6.78. The number of hydrogen-bond donors (Lipinski definition) is 2. The van der Waals surface area contributed by atoms with Crippen molar-refractivity contribution in [3.8, 4) is 0 Å². The second-order valence-corrected chi connectivity index (χ2v) is 5.15. The maximum atomic E-state index is 12.0. The van der Waals surface area contributed by atoms with Crippen LogP contribution in [0.5, 0.6) is 0 Å². The van der Waals surface area contributed by atoms with Crippen LogP contribution in [0.4, 0.5) is 0 Å². The Hall–Kier alpha value is -0.320. The second-order valence-electron chi connectivity index (χ2n) is 5.15. The molecule has 1 aliphatic rings. The number of carbonyl (C=O) groups is 1. The molecule has 0 spiro atoms. The first-order valence-corrected chi connectivity index (χ1v) is 6.78. The van der Waals surface area contributed by atoms with E-state index in [4.69, 9.17) is 5.73 Å². The number of unbranched alkanes of at least 4 members (excludes halogenated alkanes) is 1. The van der Waals surface area contributed by atoms with Gasteiger partial charge in [-0.1, -0.05) is 19.8 Å². The van der Waals surface area contributed by atoms with E-state index in [9.17, 15) is 9.90 Å². The van der Waals surface area contributed by atoms with Gasteiger partial charge in [-0.25, -0.2) is 0 Å². The Morgan fingerprint density at radius 1 is 1.44 bits per heavy atom. The van der Waals surface area contributed by atoms with Crippen LogP contribution in [0, 0.1) is 5.92 Å². The van der Waals surface area contributed by atoms with Crippen LogP contribution in [0.25, 0.3) is 0 Å². The highest BCUT2D eigenvalue weighted by Crippen LogP contribution is 2.21. The molecule has 4 nitrogen and oxygen atoms in total. The van der Waals surface area contributed by atoms with Gasteiger partial charge in [-0.3, -0.25) is 4.79 Å². The van der Waals surface area contributed by atoms with Crippen LogP contribution in [0.15, 0.2) is 0 Å². The topological polar surface area (TPSA) is 66.6 Å². The molecule has 5 heteroatoms. The molecular weight excluding hydrogens is 252 g/mol. The molecule has 0 radical (unpaired) electrons. The zero-order valence-corrected chi connectivity index (χ0v) is 12.3. The lowest BCUT2D eigenvalue weighted by atomic mass is 9.92. The summed E-state index contributed by atoms with van der Waals surface area (Å²) < 4.78 is 0. The van der Waals surface area contributed by atoms with Gasteiger partial charge < -0.3 is 15.7 Å². The molecule has 18 heavy (non-hydrogen) atoms. The van der Waals surface area contributed by atoms with E-state index in [0.717, 1.165) is 45.2 Å². The van der Waals surface area contributed by atoms with Crippen LogP contribution in [-0.2, 0) is 4.79 Å². The van der Waals surface area contributed by atoms with Gasteiger partial charge in [0.2, 0.25) is 5.91 Å². The fourth-order valence-electron chi connectivity index (χ4n) is 2.38. The average molecular weight is 279 g/mol. The highest BCUT2D eigenvalue weighted by Gasteiger charge is 2.27. The van der Waals surface area contributed by atoms with Crippen molar-refractivity contribution in [3.63, 3.8) is 0 Å². The summed E-state index contributed by atoms with van der Waals surface area (Å²) in [6.45, 7) is 5.42. The van der Waals surface area contributed by atoms with Gasteiger partial charge in [0.1, 0.15) is 0 Å². The van der Waals surface area contributed by atoms with E-state index in [-0.39, 0.29) is 30.5 Å². The van der Waals surface area contributed by atoms with Crippen molar-refractivity contribution < 1.29 is 9.90 Å². The van der Waals surface area contributed by atoms with Crippen LogP contribution >= 0.6 is 12.4 Å². The van der Waals surface area contributed by atoms with Crippen LogP contribution < -0.4 is 5.73 Å². The fourth-order valence-corrected chi connectivity index (χ4v) is 2.38. The van der Waals surface area contributed by atoms with E-state index in [1.807, 2.05) is 11.8 Å². The van der Waals surface area contributed by atoms with Crippen molar-refractivity contribution in [1.82, 2.24) is 4.90 Å². The van der Waals surface area contributed by atoms with Crippen molar-refractivity contribution >= 4 is 18.3 Å². The third-order valence-electron chi connectivity index (χ3n) is 3.72. The first kappa shape index (κ1) is 17.7. The summed E-state index contributed by atoms with van der Waals surface area (Å²) in [6, 6.07) is -0.335. The molecule has 0 bridgehead atoms. The van der Waals surface area contributed by atoms with Gasteiger partial charge in [-0.05, 0) is 32.1 Å². The summed E-state index contributed by atoms with van der Waals surface area (Å²) in [5.41, 5.74) is 5.89. The van der Waals surface area contributed by atoms with Gasteiger partial charge in [0, 0.05) is 13.1 Å². The summed E-state index contributed by atoms with van der Waals surface area (Å²) in [4.78, 5) is 13.9. The number of amides is 1. The lowest BCUT2D eigenvalue weighted by Gasteiger charge is -2.34. The Kier molecular flexibility index (Phi) is 8.57. The van der Waals surface area contributed by atoms with Crippen molar-refractivity contribution in [2.24, 2.45) is 11.7 Å². The van der Waals surface area contributed by atoms with E-state index < -0.39 is 0 Å². The SMILES string of the molecule is CCCCC(N)C(=O)N1CCC(C(C)O)CC1.Cl. The Labute approximate surface area is 116 Å². The molecule has 1 aliphatic heterocycles. The van der Waals surface area contributed by atoms with E-state index in [1.54, 1.807) is 0 Å². The summed E-state index contributed by atoms with van der Waals surface area (Å²) in [5, 5.41) is 9.50. The Morgan fingerprint density at radius 3 is 2.44 bits per heavy atom. The normalized spacial score (nSPS) is 20.1. The molecule has 1 rings (SSSR count). The zero-order valence-electron chi connectivity index (χ0n) is 11.5. The van der Waals surface area contributed by atoms with Crippen LogP contribution in [0.2, 0.25) is 0 Å². The molecule has 1 fully saturated rings. The third-order valence-corrected chi connectivity index (χ3v) is 3.72. The van der Waals surface area contributed by atoms with Crippen LogP contribution in [0.1, 0.15) is 46.0 Å². The minimum Gasteiger partial charge on any atom is -0.393 e. The quantitative estimate of drug-likeness (QED) is 0.802. The molecule has 2 atom stereocenters. The molecule has 1 heterocycles. The fraction of sp³-hybridized carbons (Fsp3) is 0.923. The lowest BCUT2D eigenvalue weighted by molar-refractivity contribution is -0.134. The van der Waals surface area contributed by atoms with E-state index in [1.165, 1.54) is 0 Å². The first-order chi connectivity index (χ1) is 8.06. The zero-order chi connectivity index (χ0) is 12.8. The van der Waals surface area contributed by atoms with Gasteiger partial charge in [0.05, 0.1) is 12.1 Å². The number of nitrogens with two attached hydrogens (primary N) is 1. The Balaban J connectivity index is 0.00000289. The molecule has 1 saturated heterocycles. The number of aliphatic hydroxyl groups is 1. The Morgan fingerprint density at radius 2 is 2.00 bits per heavy atom. The second kappa shape index (κ2) is 8.73. The highest BCUT2D eigenvalue weighted by atomic mass is 35.5. The number of piperidine rings is 1. The molecule has 0 saturated carbocycles. The Bertz CT molecular complexity index is 241. The van der Waals surface area contributed by atoms with Crippen molar-refractivity contribution in [2.45, 2.75) is 58.1 Å². The number of hydrogen-bond acceptors (Lipinski definition) is 3. The minimum atomic E-state index is -0.335. The predicted molar refractivity (Wildman–Crippen MR) is 75.7 cm³/mol. The predicted octanol–water partition coefficient (Wildman–Crippen LogP) is 1.55. The molecule has 0 aromatic rings. The minimum absolute atomic E-state index is 0. The van der Waals surface area contributed by atoms with E-state index in [2.05, 4.69) is 6.92 Å². The molecule has 1 amide bonds. The summed E-state index contributed by atoms with van der Waals surface area (Å²) in [5.74, 6) is 0.424. The van der Waals surface area contributed by atoms with E-state index >= 15 is 0 Å². The number of halogens is 1. The molecule has 0 aliphatic carbocycles. The maximum Gasteiger partial charge on any atom is 0.239 e. The highest BCUT2D eigenvalue weighted by molar-refractivity contribution is 5.85. The summed E-state index contributed by atoms with van der Waals surface area (Å²) >= 11 is 0. The average Bonchev–Trinajstić information content (AvgIpc) is 2.35. The van der Waals surface area contributed by atoms with Gasteiger partial charge in [0.25, 0.3) is 0 Å². The summed E-state index contributed by atoms with van der Waals surface area (Å²) in [6.07, 6.45) is 4.39. The van der Waals surface area contributed by atoms with Crippen LogP contribution in [0.3, 0.4) is 0 Å². The number of rotatable bonds is 5. The largest absolute Gasteiger partial charge is 0.393 e. The van der Waals surface area contributed by atoms with E-state index in [0.29, 0.717) is 5.92 Å². The smallest absolute Gasteiger partial charge is 0.239 e. The lowest BCUT2D eigenvalue weighted by Crippen LogP contribution is -2.48. The summed E-state index contributed by atoms with van der Waals surface area (Å²) in [7, 11) is 0. The van der Waals surface area contributed by atoms with Crippen molar-refractivity contribution in [1.29, 1.82) is 0 Å². The van der Waals surface area contributed by atoms with Gasteiger partial charge in [0.15, 0.2) is 0 Å². The monoisotopic (exact) mass is 278 g/mol. The van der Waals surface area contributed by atoms with Gasteiger partial charge >= 0.3 is 0 Å². The van der Waals surface area contributed by atoms with Crippen molar-refractivity contribution in [2.75, 3.05) is 13.1 Å². The number of likely N-dealkylation sites (tertiary alicyclic amines) is 1. The van der Waals surface area contributed by atoms with Crippen LogP contribution in [-0.4, -0.2) is 41.1 Å². The van der Waals surface area contributed by atoms with Gasteiger partial charge in [-0.2, -0.15) is 0 Å². The molecule has 108 valence electrons. The molecule has 0 aromatic carbocycles. The molecule has 0 aromatic heterocycles. The third kappa shape index (κ3) is 5.12. The molecule has 3 N–H and O–H groups in total. The number of nitrogens with zero attached hydrogens (tertiary/aromatic N) is 1. The van der Waals surface area contributed by atoms with Crippen molar-refractivity contribution in [3.05, 3.63) is 0 Å². The number of carbonyl (C=O) groups excluding carboxylic acids is 1. The number of aliphatic hydroxyl groups excluding tert-OH is 1. The molecular formula is C13H27ClN2O2. The standard InChI is InChI=1S/C13H26N2O2.ClH/c1-3-4-5-12(14)13(17)15-8-6-11(7-9-15)10(2)16;/h10-12,16H,3-9,14H2,1-2H3;1H. The maximum absolute atomic E-state index is 12.0. The van der Waals surface area contributed by atoms with Gasteiger partial charge in [-0.15, -0.1) is 12.4 Å². The molecule has 2 unspecified atom stereocenters.